The molecule has 3 unspecified atom stereocenters. The van der Waals surface area contributed by atoms with Crippen molar-refractivity contribution in [2.45, 2.75) is 18.5 Å². The Morgan fingerprint density at radius 3 is 2.18 bits per heavy atom. The summed E-state index contributed by atoms with van der Waals surface area (Å²) in [4.78, 5) is 27.8. The molecule has 3 saturated heterocycles. The van der Waals surface area contributed by atoms with Gasteiger partial charge in [-0.15, -0.1) is 0 Å². The smallest absolute Gasteiger partial charge is 0.253 e. The first-order valence-electron chi connectivity index (χ1n) is 9.40. The van der Waals surface area contributed by atoms with Crippen molar-refractivity contribution in [1.29, 1.82) is 0 Å². The maximum atomic E-state index is 13.4. The van der Waals surface area contributed by atoms with Gasteiger partial charge in [-0.25, -0.2) is 19.3 Å². The second-order valence-electron chi connectivity index (χ2n) is 7.36. The van der Waals surface area contributed by atoms with Gasteiger partial charge in [0.1, 0.15) is 17.6 Å². The van der Waals surface area contributed by atoms with E-state index in [9.17, 15) is 14.0 Å². The van der Waals surface area contributed by atoms with Crippen LogP contribution in [0.4, 0.5) is 10.1 Å². The minimum atomic E-state index is -0.507. The number of ether oxygens (including phenoxy) is 1. The van der Waals surface area contributed by atoms with Gasteiger partial charge in [0.2, 0.25) is 5.91 Å². The van der Waals surface area contributed by atoms with Crippen molar-refractivity contribution in [3.8, 4) is 5.75 Å². The van der Waals surface area contributed by atoms with Crippen molar-refractivity contribution in [3.63, 3.8) is 0 Å². The predicted octanol–water partition coefficient (Wildman–Crippen LogP) is 2.37. The van der Waals surface area contributed by atoms with Gasteiger partial charge >= 0.3 is 0 Å². The van der Waals surface area contributed by atoms with E-state index in [4.69, 9.17) is 4.74 Å². The third-order valence-electron chi connectivity index (χ3n) is 5.95. The maximum absolute atomic E-state index is 13.4. The number of hydrogen-bond acceptors (Lipinski definition) is 5. The fraction of sp³-hybridized carbons (Fsp3) is 0.333. The molecule has 3 aliphatic rings. The average Bonchev–Trinajstić information content (AvgIpc) is 3.35. The first-order chi connectivity index (χ1) is 13.6. The number of benzene rings is 2. The number of methoxy groups -OCH3 is 1. The molecule has 7 heteroatoms. The second kappa shape index (κ2) is 6.39. The van der Waals surface area contributed by atoms with Gasteiger partial charge in [-0.1, -0.05) is 12.1 Å². The molecule has 5 rings (SSSR count). The van der Waals surface area contributed by atoms with Crippen LogP contribution in [0.15, 0.2) is 48.5 Å². The van der Waals surface area contributed by atoms with Crippen molar-refractivity contribution < 1.29 is 18.7 Å². The van der Waals surface area contributed by atoms with Crippen LogP contribution in [0.25, 0.3) is 0 Å². The van der Waals surface area contributed by atoms with Crippen molar-refractivity contribution in [3.05, 3.63) is 59.9 Å². The summed E-state index contributed by atoms with van der Waals surface area (Å²) in [5.74, 6) is -0.587. The highest BCUT2D eigenvalue weighted by Crippen LogP contribution is 2.49. The average molecular weight is 381 g/mol. The highest BCUT2D eigenvalue weighted by atomic mass is 19.1. The fourth-order valence-corrected chi connectivity index (χ4v) is 4.76. The highest BCUT2D eigenvalue weighted by Gasteiger charge is 2.62. The topological polar surface area (TPSA) is 53.1 Å². The molecule has 0 saturated carbocycles. The molecule has 0 spiro atoms. The van der Waals surface area contributed by atoms with E-state index in [0.29, 0.717) is 5.69 Å². The molecule has 28 heavy (non-hydrogen) atoms. The van der Waals surface area contributed by atoms with Crippen LogP contribution < -0.4 is 9.64 Å². The molecule has 2 amide bonds. The van der Waals surface area contributed by atoms with Crippen LogP contribution in [0.3, 0.4) is 0 Å². The standard InChI is InChI=1S/C21H20FN3O3/c1-28-16-9-3-13(4-10-16)18-17-19(24-12-2-11-23(18)24)21(27)25(20(17)26)15-7-5-14(22)6-8-15/h3-10,17-19H,2,11-12H2,1H3. The Morgan fingerprint density at radius 1 is 0.893 bits per heavy atom. The van der Waals surface area contributed by atoms with E-state index in [1.807, 2.05) is 29.3 Å². The predicted molar refractivity (Wildman–Crippen MR) is 99.9 cm³/mol. The summed E-state index contributed by atoms with van der Waals surface area (Å²) in [5.41, 5.74) is 1.41. The number of carbonyl (C=O) groups is 2. The Bertz CT molecular complexity index is 931. The van der Waals surface area contributed by atoms with Crippen molar-refractivity contribution in [1.82, 2.24) is 10.0 Å². The molecular weight excluding hydrogens is 361 g/mol. The van der Waals surface area contributed by atoms with E-state index in [1.54, 1.807) is 7.11 Å². The largest absolute Gasteiger partial charge is 0.497 e. The normalized spacial score (nSPS) is 27.4. The third-order valence-corrected chi connectivity index (χ3v) is 5.95. The van der Waals surface area contributed by atoms with Crippen LogP contribution in [0.2, 0.25) is 0 Å². The number of anilines is 1. The second-order valence-corrected chi connectivity index (χ2v) is 7.36. The van der Waals surface area contributed by atoms with Gasteiger partial charge in [-0.2, -0.15) is 0 Å². The molecule has 2 aromatic rings. The molecule has 144 valence electrons. The Morgan fingerprint density at radius 2 is 1.54 bits per heavy atom. The Kier molecular flexibility index (Phi) is 3.96. The number of rotatable bonds is 3. The van der Waals surface area contributed by atoms with Gasteiger partial charge in [0.25, 0.3) is 5.91 Å². The number of imide groups is 1. The number of amides is 2. The van der Waals surface area contributed by atoms with Gasteiger partial charge in [-0.05, 0) is 48.4 Å². The molecule has 2 aromatic carbocycles. The molecule has 3 aliphatic heterocycles. The molecular formula is C21H20FN3O3. The number of fused-ring (bicyclic) bond motifs is 3. The van der Waals surface area contributed by atoms with Crippen LogP contribution in [-0.2, 0) is 9.59 Å². The van der Waals surface area contributed by atoms with Crippen molar-refractivity contribution in [2.75, 3.05) is 25.1 Å². The monoisotopic (exact) mass is 381 g/mol. The summed E-state index contributed by atoms with van der Waals surface area (Å²) in [6.07, 6.45) is 0.952. The number of halogens is 1. The van der Waals surface area contributed by atoms with Crippen LogP contribution >= 0.6 is 0 Å². The lowest BCUT2D eigenvalue weighted by atomic mass is 9.90. The molecule has 0 aromatic heterocycles. The number of hydrogen-bond donors (Lipinski definition) is 0. The Balaban J connectivity index is 1.55. The summed E-state index contributed by atoms with van der Waals surface area (Å²) in [5, 5.41) is 4.21. The third kappa shape index (κ3) is 2.40. The first-order valence-corrected chi connectivity index (χ1v) is 9.40. The summed E-state index contributed by atoms with van der Waals surface area (Å²) < 4.78 is 18.6. The van der Waals surface area contributed by atoms with E-state index in [0.717, 1.165) is 30.8 Å². The maximum Gasteiger partial charge on any atom is 0.253 e. The van der Waals surface area contributed by atoms with E-state index in [1.165, 1.54) is 29.2 Å². The lowest BCUT2D eigenvalue weighted by molar-refractivity contribution is -0.126. The molecule has 0 aliphatic carbocycles. The number of nitrogens with zero attached hydrogens (tertiary/aromatic N) is 3. The van der Waals surface area contributed by atoms with Crippen LogP contribution in [0, 0.1) is 11.7 Å². The quantitative estimate of drug-likeness (QED) is 0.764. The van der Waals surface area contributed by atoms with Gasteiger partial charge < -0.3 is 4.74 Å². The number of carbonyl (C=O) groups excluding carboxylic acids is 2. The van der Waals surface area contributed by atoms with Gasteiger partial charge in [0.15, 0.2) is 0 Å². The van der Waals surface area contributed by atoms with Gasteiger partial charge in [0.05, 0.1) is 24.8 Å². The fourth-order valence-electron chi connectivity index (χ4n) is 4.76. The molecule has 6 nitrogen and oxygen atoms in total. The minimum Gasteiger partial charge on any atom is -0.497 e. The zero-order valence-corrected chi connectivity index (χ0v) is 15.4. The van der Waals surface area contributed by atoms with E-state index in [2.05, 4.69) is 5.01 Å². The molecule has 0 bridgehead atoms. The summed E-state index contributed by atoms with van der Waals surface area (Å²) >= 11 is 0. The minimum absolute atomic E-state index is 0.194. The van der Waals surface area contributed by atoms with Gasteiger partial charge in [-0.3, -0.25) is 9.59 Å². The lowest BCUT2D eigenvalue weighted by Crippen LogP contribution is -2.44. The molecule has 3 fully saturated rings. The van der Waals surface area contributed by atoms with E-state index in [-0.39, 0.29) is 17.9 Å². The van der Waals surface area contributed by atoms with Crippen molar-refractivity contribution >= 4 is 17.5 Å². The molecule has 3 heterocycles. The molecule has 0 N–H and O–H groups in total. The zero-order chi connectivity index (χ0) is 19.4. The Hall–Kier alpha value is -2.77. The van der Waals surface area contributed by atoms with Gasteiger partial charge in [0, 0.05) is 13.1 Å². The summed E-state index contributed by atoms with van der Waals surface area (Å²) in [7, 11) is 1.61. The SMILES string of the molecule is COc1ccc(C2C3C(=O)N(c4ccc(F)cc4)C(=O)C3N3CCCN23)cc1. The molecule has 0 radical (unpaired) electrons. The molecule has 3 atom stereocenters. The number of hydrazine groups is 1. The van der Waals surface area contributed by atoms with Crippen LogP contribution in [0.1, 0.15) is 18.0 Å². The van der Waals surface area contributed by atoms with Crippen molar-refractivity contribution in [2.24, 2.45) is 5.92 Å². The van der Waals surface area contributed by atoms with Crippen LogP contribution in [-0.4, -0.2) is 48.1 Å². The summed E-state index contributed by atoms with van der Waals surface area (Å²) in [6, 6.07) is 12.5. The Labute approximate surface area is 162 Å². The highest BCUT2D eigenvalue weighted by molar-refractivity contribution is 6.24. The lowest BCUT2D eigenvalue weighted by Gasteiger charge is -2.29. The summed E-state index contributed by atoms with van der Waals surface area (Å²) in [6.45, 7) is 1.57. The van der Waals surface area contributed by atoms with Crippen LogP contribution in [0.5, 0.6) is 5.75 Å². The van der Waals surface area contributed by atoms with E-state index < -0.39 is 17.8 Å². The first kappa shape index (κ1) is 17.3. The zero-order valence-electron chi connectivity index (χ0n) is 15.4. The van der Waals surface area contributed by atoms with E-state index >= 15 is 0 Å².